The highest BCUT2D eigenvalue weighted by Crippen LogP contribution is 2.24. The number of aliphatic hydroxyl groups excluding tert-OH is 1. The summed E-state index contributed by atoms with van der Waals surface area (Å²) in [7, 11) is 0. The second-order valence-corrected chi connectivity index (χ2v) is 5.21. The first-order valence-corrected chi connectivity index (χ1v) is 7.25. The van der Waals surface area contributed by atoms with Gasteiger partial charge in [-0.1, -0.05) is 55.5 Å². The van der Waals surface area contributed by atoms with Crippen molar-refractivity contribution in [1.82, 2.24) is 0 Å². The molecule has 2 nitrogen and oxygen atoms in total. The van der Waals surface area contributed by atoms with Gasteiger partial charge in [0.1, 0.15) is 0 Å². The molecule has 0 bridgehead atoms. The zero-order chi connectivity index (χ0) is 14.4. The van der Waals surface area contributed by atoms with Crippen LogP contribution in [0.4, 0.5) is 5.69 Å². The fourth-order valence-corrected chi connectivity index (χ4v) is 2.48. The van der Waals surface area contributed by atoms with Gasteiger partial charge in [-0.05, 0) is 24.6 Å². The molecule has 0 radical (unpaired) electrons. The van der Waals surface area contributed by atoms with Gasteiger partial charge in [-0.2, -0.15) is 0 Å². The summed E-state index contributed by atoms with van der Waals surface area (Å²) in [6, 6.07) is 20.3. The van der Waals surface area contributed by atoms with Crippen molar-refractivity contribution in [2.24, 2.45) is 5.92 Å². The van der Waals surface area contributed by atoms with E-state index in [0.717, 1.165) is 18.7 Å². The molecule has 0 aliphatic heterocycles. The Kier molecular flexibility index (Phi) is 5.19. The minimum Gasteiger partial charge on any atom is -0.388 e. The second kappa shape index (κ2) is 7.11. The average molecular weight is 269 g/mol. The summed E-state index contributed by atoms with van der Waals surface area (Å²) < 4.78 is 0. The van der Waals surface area contributed by atoms with Crippen molar-refractivity contribution in [1.29, 1.82) is 0 Å². The van der Waals surface area contributed by atoms with E-state index in [2.05, 4.69) is 43.0 Å². The predicted molar refractivity (Wildman–Crippen MR) is 84.9 cm³/mol. The van der Waals surface area contributed by atoms with Crippen molar-refractivity contribution in [2.75, 3.05) is 18.0 Å². The van der Waals surface area contributed by atoms with Gasteiger partial charge < -0.3 is 10.0 Å². The van der Waals surface area contributed by atoms with E-state index >= 15 is 0 Å². The maximum Gasteiger partial charge on any atom is 0.0832 e. The monoisotopic (exact) mass is 269 g/mol. The van der Waals surface area contributed by atoms with Crippen LogP contribution in [0.2, 0.25) is 0 Å². The van der Waals surface area contributed by atoms with Crippen LogP contribution >= 0.6 is 0 Å². The first-order chi connectivity index (χ1) is 9.72. The number of hydrogen-bond donors (Lipinski definition) is 1. The Morgan fingerprint density at radius 2 is 1.50 bits per heavy atom. The molecule has 2 atom stereocenters. The van der Waals surface area contributed by atoms with E-state index in [4.69, 9.17) is 0 Å². The number of rotatable bonds is 6. The lowest BCUT2D eigenvalue weighted by Gasteiger charge is -2.29. The molecule has 0 aliphatic rings. The molecule has 106 valence electrons. The van der Waals surface area contributed by atoms with Crippen LogP contribution in [-0.2, 0) is 0 Å². The van der Waals surface area contributed by atoms with Gasteiger partial charge in [0.05, 0.1) is 6.10 Å². The van der Waals surface area contributed by atoms with Gasteiger partial charge in [-0.25, -0.2) is 0 Å². The quantitative estimate of drug-likeness (QED) is 0.860. The van der Waals surface area contributed by atoms with E-state index in [1.54, 1.807) is 0 Å². The number of benzene rings is 2. The number of para-hydroxylation sites is 1. The third-order valence-corrected chi connectivity index (χ3v) is 3.69. The molecule has 0 aliphatic carbocycles. The van der Waals surface area contributed by atoms with Crippen molar-refractivity contribution < 1.29 is 5.11 Å². The number of hydrogen-bond acceptors (Lipinski definition) is 2. The molecule has 2 heteroatoms. The zero-order valence-corrected chi connectivity index (χ0v) is 12.2. The lowest BCUT2D eigenvalue weighted by atomic mass is 9.97. The lowest BCUT2D eigenvalue weighted by molar-refractivity contribution is 0.120. The summed E-state index contributed by atoms with van der Waals surface area (Å²) in [5.41, 5.74) is 2.20. The SMILES string of the molecule is CCN(CC(C)C(O)c1ccccc1)c1ccccc1. The Bertz CT molecular complexity index is 497. The Morgan fingerprint density at radius 3 is 2.05 bits per heavy atom. The van der Waals surface area contributed by atoms with E-state index in [0.29, 0.717) is 0 Å². The minimum atomic E-state index is -0.422. The molecule has 0 saturated carbocycles. The summed E-state index contributed by atoms with van der Waals surface area (Å²) in [6.45, 7) is 6.03. The van der Waals surface area contributed by atoms with E-state index < -0.39 is 6.10 Å². The molecule has 0 aromatic heterocycles. The Balaban J connectivity index is 2.04. The van der Waals surface area contributed by atoms with Crippen molar-refractivity contribution in [3.63, 3.8) is 0 Å². The van der Waals surface area contributed by atoms with Gasteiger partial charge in [0, 0.05) is 24.7 Å². The molecule has 0 saturated heterocycles. The van der Waals surface area contributed by atoms with E-state index in [1.165, 1.54) is 5.69 Å². The molecule has 20 heavy (non-hydrogen) atoms. The Morgan fingerprint density at radius 1 is 0.950 bits per heavy atom. The summed E-state index contributed by atoms with van der Waals surface area (Å²) in [6.07, 6.45) is -0.422. The molecule has 0 amide bonds. The van der Waals surface area contributed by atoms with Crippen molar-refractivity contribution in [2.45, 2.75) is 20.0 Å². The highest BCUT2D eigenvalue weighted by atomic mass is 16.3. The molecule has 0 spiro atoms. The summed E-state index contributed by atoms with van der Waals surface area (Å²) >= 11 is 0. The molecule has 2 aromatic rings. The lowest BCUT2D eigenvalue weighted by Crippen LogP contribution is -2.30. The fraction of sp³-hybridized carbons (Fsp3) is 0.333. The van der Waals surface area contributed by atoms with E-state index in [9.17, 15) is 5.11 Å². The predicted octanol–water partition coefficient (Wildman–Crippen LogP) is 3.88. The maximum atomic E-state index is 10.5. The minimum absolute atomic E-state index is 0.178. The van der Waals surface area contributed by atoms with Crippen LogP contribution in [0, 0.1) is 5.92 Å². The zero-order valence-electron chi connectivity index (χ0n) is 12.2. The standard InChI is InChI=1S/C18H23NO/c1-3-19(17-12-8-5-9-13-17)14-15(2)18(20)16-10-6-4-7-11-16/h4-13,15,18,20H,3,14H2,1-2H3. The van der Waals surface area contributed by atoms with E-state index in [-0.39, 0.29) is 5.92 Å². The molecule has 0 fully saturated rings. The van der Waals surface area contributed by atoms with Crippen LogP contribution in [0.15, 0.2) is 60.7 Å². The van der Waals surface area contributed by atoms with Crippen LogP contribution in [0.25, 0.3) is 0 Å². The fourth-order valence-electron chi connectivity index (χ4n) is 2.48. The van der Waals surface area contributed by atoms with Gasteiger partial charge in [0.15, 0.2) is 0 Å². The number of nitrogens with zero attached hydrogens (tertiary/aromatic N) is 1. The largest absolute Gasteiger partial charge is 0.388 e. The van der Waals surface area contributed by atoms with Gasteiger partial charge in [-0.15, -0.1) is 0 Å². The molecule has 2 unspecified atom stereocenters. The third kappa shape index (κ3) is 3.61. The molecule has 0 heterocycles. The molecular formula is C18H23NO. The van der Waals surface area contributed by atoms with Crippen LogP contribution in [0.3, 0.4) is 0 Å². The number of aliphatic hydroxyl groups is 1. The second-order valence-electron chi connectivity index (χ2n) is 5.21. The van der Waals surface area contributed by atoms with Gasteiger partial charge >= 0.3 is 0 Å². The smallest absolute Gasteiger partial charge is 0.0832 e. The van der Waals surface area contributed by atoms with Gasteiger partial charge in [-0.3, -0.25) is 0 Å². The average Bonchev–Trinajstić information content (AvgIpc) is 2.53. The van der Waals surface area contributed by atoms with Crippen molar-refractivity contribution >= 4 is 5.69 Å². The van der Waals surface area contributed by atoms with Gasteiger partial charge in [0.2, 0.25) is 0 Å². The van der Waals surface area contributed by atoms with Gasteiger partial charge in [0.25, 0.3) is 0 Å². The summed E-state index contributed by atoms with van der Waals surface area (Å²) in [5.74, 6) is 0.178. The van der Waals surface area contributed by atoms with E-state index in [1.807, 2.05) is 36.4 Å². The van der Waals surface area contributed by atoms with Crippen LogP contribution < -0.4 is 4.90 Å². The summed E-state index contributed by atoms with van der Waals surface area (Å²) in [5, 5.41) is 10.5. The highest BCUT2D eigenvalue weighted by molar-refractivity contribution is 5.45. The van der Waals surface area contributed by atoms with Crippen LogP contribution in [0.1, 0.15) is 25.5 Å². The molecule has 1 N–H and O–H groups in total. The normalized spacial score (nSPS) is 13.8. The molecule has 2 aromatic carbocycles. The van der Waals surface area contributed by atoms with Crippen molar-refractivity contribution in [3.8, 4) is 0 Å². The molecule has 2 rings (SSSR count). The maximum absolute atomic E-state index is 10.5. The topological polar surface area (TPSA) is 23.5 Å². The molecular weight excluding hydrogens is 246 g/mol. The Labute approximate surface area is 121 Å². The van der Waals surface area contributed by atoms with Crippen LogP contribution in [0.5, 0.6) is 0 Å². The van der Waals surface area contributed by atoms with Crippen LogP contribution in [-0.4, -0.2) is 18.2 Å². The first kappa shape index (κ1) is 14.6. The third-order valence-electron chi connectivity index (χ3n) is 3.69. The first-order valence-electron chi connectivity index (χ1n) is 7.25. The summed E-state index contributed by atoms with van der Waals surface area (Å²) in [4.78, 5) is 2.30. The van der Waals surface area contributed by atoms with Crippen molar-refractivity contribution in [3.05, 3.63) is 66.2 Å². The number of anilines is 1. The highest BCUT2D eigenvalue weighted by Gasteiger charge is 2.18. The Hall–Kier alpha value is -1.80.